The maximum Gasteiger partial charge on any atom is 0.310 e. The molecule has 0 saturated carbocycles. The van der Waals surface area contributed by atoms with Crippen LogP contribution in [0.2, 0.25) is 0 Å². The molecule has 1 aromatic rings. The van der Waals surface area contributed by atoms with Crippen molar-refractivity contribution in [2.24, 2.45) is 5.92 Å². The largest absolute Gasteiger partial charge is 0.458 e. The molecule has 17 heavy (non-hydrogen) atoms. The van der Waals surface area contributed by atoms with Gasteiger partial charge in [-0.05, 0) is 31.9 Å². The molecule has 0 aliphatic carbocycles. The summed E-state index contributed by atoms with van der Waals surface area (Å²) in [7, 11) is 0. The molecule has 0 radical (unpaired) electrons. The Morgan fingerprint density at radius 2 is 2.18 bits per heavy atom. The predicted molar refractivity (Wildman–Crippen MR) is 66.5 cm³/mol. The van der Waals surface area contributed by atoms with E-state index in [9.17, 15) is 4.79 Å². The highest BCUT2D eigenvalue weighted by molar-refractivity contribution is 5.73. The lowest BCUT2D eigenvalue weighted by Crippen LogP contribution is -2.35. The Bertz CT molecular complexity index is 358. The topological polar surface area (TPSA) is 38.3 Å². The summed E-state index contributed by atoms with van der Waals surface area (Å²) in [6.45, 7) is 3.68. The van der Waals surface area contributed by atoms with Gasteiger partial charge in [-0.1, -0.05) is 30.3 Å². The normalized spacial score (nSPS) is 21.8. The average Bonchev–Trinajstić information content (AvgIpc) is 2.40. The van der Waals surface area contributed by atoms with Gasteiger partial charge in [0.2, 0.25) is 0 Å². The Hall–Kier alpha value is -1.35. The number of esters is 1. The number of hydrogen-bond acceptors (Lipinski definition) is 3. The zero-order valence-electron chi connectivity index (χ0n) is 10.2. The summed E-state index contributed by atoms with van der Waals surface area (Å²) in [6.07, 6.45) is 1.83. The van der Waals surface area contributed by atoms with Crippen molar-refractivity contribution in [1.29, 1.82) is 0 Å². The van der Waals surface area contributed by atoms with Crippen LogP contribution in [0.4, 0.5) is 0 Å². The third-order valence-corrected chi connectivity index (χ3v) is 3.19. The van der Waals surface area contributed by atoms with Crippen molar-refractivity contribution in [3.05, 3.63) is 35.9 Å². The molecule has 0 amide bonds. The Kier molecular flexibility index (Phi) is 4.15. The van der Waals surface area contributed by atoms with Crippen molar-refractivity contribution in [1.82, 2.24) is 5.32 Å². The number of rotatable bonds is 3. The van der Waals surface area contributed by atoms with Crippen LogP contribution in [0.25, 0.3) is 0 Å². The van der Waals surface area contributed by atoms with E-state index in [1.807, 2.05) is 37.3 Å². The molecule has 1 heterocycles. The maximum absolute atomic E-state index is 11.9. The van der Waals surface area contributed by atoms with Crippen LogP contribution in [0.15, 0.2) is 30.3 Å². The first kappa shape index (κ1) is 12.1. The van der Waals surface area contributed by atoms with E-state index in [0.717, 1.165) is 31.5 Å². The minimum atomic E-state index is -0.161. The zero-order chi connectivity index (χ0) is 12.1. The third kappa shape index (κ3) is 3.30. The average molecular weight is 233 g/mol. The third-order valence-electron chi connectivity index (χ3n) is 3.19. The lowest BCUT2D eigenvalue weighted by Gasteiger charge is -2.23. The smallest absolute Gasteiger partial charge is 0.310 e. The first-order chi connectivity index (χ1) is 8.27. The van der Waals surface area contributed by atoms with E-state index in [1.165, 1.54) is 0 Å². The second-order valence-corrected chi connectivity index (χ2v) is 4.53. The van der Waals surface area contributed by atoms with Crippen LogP contribution < -0.4 is 5.32 Å². The van der Waals surface area contributed by atoms with Crippen LogP contribution in [0.3, 0.4) is 0 Å². The van der Waals surface area contributed by atoms with E-state index < -0.39 is 0 Å². The van der Waals surface area contributed by atoms with Gasteiger partial charge in [0.05, 0.1) is 5.92 Å². The van der Waals surface area contributed by atoms with Gasteiger partial charge in [-0.25, -0.2) is 0 Å². The SMILES string of the molecule is CC(OC(=O)[C@@H]1CCCNC1)c1ccccc1. The minimum Gasteiger partial charge on any atom is -0.458 e. The van der Waals surface area contributed by atoms with Gasteiger partial charge in [-0.2, -0.15) is 0 Å². The summed E-state index contributed by atoms with van der Waals surface area (Å²) >= 11 is 0. The van der Waals surface area contributed by atoms with E-state index in [4.69, 9.17) is 4.74 Å². The molecular weight excluding hydrogens is 214 g/mol. The molecule has 92 valence electrons. The molecule has 1 fully saturated rings. The van der Waals surface area contributed by atoms with Gasteiger partial charge < -0.3 is 10.1 Å². The molecule has 1 aromatic carbocycles. The van der Waals surface area contributed by atoms with E-state index in [-0.39, 0.29) is 18.0 Å². The molecule has 1 unspecified atom stereocenters. The lowest BCUT2D eigenvalue weighted by atomic mass is 10.00. The van der Waals surface area contributed by atoms with Crippen molar-refractivity contribution in [2.45, 2.75) is 25.9 Å². The summed E-state index contributed by atoms with van der Waals surface area (Å²) in [5, 5.41) is 3.23. The fraction of sp³-hybridized carbons (Fsp3) is 0.500. The molecule has 0 spiro atoms. The molecule has 2 rings (SSSR count). The molecule has 1 saturated heterocycles. The second-order valence-electron chi connectivity index (χ2n) is 4.53. The molecule has 0 aromatic heterocycles. The summed E-state index contributed by atoms with van der Waals surface area (Å²) in [5.74, 6) is -0.0523. The number of carbonyl (C=O) groups excluding carboxylic acids is 1. The van der Waals surface area contributed by atoms with Crippen LogP contribution >= 0.6 is 0 Å². The molecule has 3 nitrogen and oxygen atoms in total. The molecule has 2 atom stereocenters. The number of nitrogens with one attached hydrogen (secondary N) is 1. The quantitative estimate of drug-likeness (QED) is 0.814. The summed E-state index contributed by atoms with van der Waals surface area (Å²) in [6, 6.07) is 9.85. The van der Waals surface area contributed by atoms with Gasteiger partial charge in [0.25, 0.3) is 0 Å². The fourth-order valence-electron chi connectivity index (χ4n) is 2.12. The van der Waals surface area contributed by atoms with E-state index in [1.54, 1.807) is 0 Å². The van der Waals surface area contributed by atoms with Crippen molar-refractivity contribution in [3.63, 3.8) is 0 Å². The van der Waals surface area contributed by atoms with Crippen molar-refractivity contribution >= 4 is 5.97 Å². The second kappa shape index (κ2) is 5.82. The number of hydrogen-bond donors (Lipinski definition) is 1. The van der Waals surface area contributed by atoms with Crippen molar-refractivity contribution in [3.8, 4) is 0 Å². The molecular formula is C14H19NO2. The minimum absolute atomic E-state index is 0.0231. The highest BCUT2D eigenvalue weighted by Crippen LogP contribution is 2.20. The number of piperidine rings is 1. The Balaban J connectivity index is 1.89. The molecule has 0 bridgehead atoms. The predicted octanol–water partition coefficient (Wildman–Crippen LogP) is 2.29. The van der Waals surface area contributed by atoms with Gasteiger partial charge in [-0.3, -0.25) is 4.79 Å². The van der Waals surface area contributed by atoms with Gasteiger partial charge in [0.1, 0.15) is 6.10 Å². The highest BCUT2D eigenvalue weighted by Gasteiger charge is 2.24. The standard InChI is InChI=1S/C14H19NO2/c1-11(12-6-3-2-4-7-12)17-14(16)13-8-5-9-15-10-13/h2-4,6-7,11,13,15H,5,8-10H2,1H3/t11?,13-/m1/s1. The first-order valence-electron chi connectivity index (χ1n) is 6.23. The van der Waals surface area contributed by atoms with Crippen molar-refractivity contribution in [2.75, 3.05) is 13.1 Å². The van der Waals surface area contributed by atoms with Crippen LogP contribution in [0.1, 0.15) is 31.4 Å². The van der Waals surface area contributed by atoms with Crippen LogP contribution in [0.5, 0.6) is 0 Å². The van der Waals surface area contributed by atoms with Crippen molar-refractivity contribution < 1.29 is 9.53 Å². The van der Waals surface area contributed by atoms with Gasteiger partial charge in [0.15, 0.2) is 0 Å². The first-order valence-corrected chi connectivity index (χ1v) is 6.23. The van der Waals surface area contributed by atoms with E-state index >= 15 is 0 Å². The number of ether oxygens (including phenoxy) is 1. The fourth-order valence-corrected chi connectivity index (χ4v) is 2.12. The molecule has 1 aliphatic rings. The Morgan fingerprint density at radius 3 is 2.82 bits per heavy atom. The Morgan fingerprint density at radius 1 is 1.41 bits per heavy atom. The summed E-state index contributed by atoms with van der Waals surface area (Å²) < 4.78 is 5.50. The van der Waals surface area contributed by atoms with E-state index in [2.05, 4.69) is 5.32 Å². The summed E-state index contributed by atoms with van der Waals surface area (Å²) in [5.41, 5.74) is 1.05. The van der Waals surface area contributed by atoms with Gasteiger partial charge in [0, 0.05) is 6.54 Å². The van der Waals surface area contributed by atoms with Gasteiger partial charge in [-0.15, -0.1) is 0 Å². The van der Waals surface area contributed by atoms with Crippen LogP contribution in [0, 0.1) is 5.92 Å². The monoisotopic (exact) mass is 233 g/mol. The molecule has 3 heteroatoms. The molecule has 1 aliphatic heterocycles. The van der Waals surface area contributed by atoms with E-state index in [0.29, 0.717) is 0 Å². The van der Waals surface area contributed by atoms with Crippen LogP contribution in [-0.4, -0.2) is 19.1 Å². The zero-order valence-corrected chi connectivity index (χ0v) is 10.2. The van der Waals surface area contributed by atoms with Crippen LogP contribution in [-0.2, 0) is 9.53 Å². The highest BCUT2D eigenvalue weighted by atomic mass is 16.5. The summed E-state index contributed by atoms with van der Waals surface area (Å²) in [4.78, 5) is 11.9. The number of carbonyl (C=O) groups is 1. The molecule has 1 N–H and O–H groups in total. The Labute approximate surface area is 102 Å². The van der Waals surface area contributed by atoms with Gasteiger partial charge >= 0.3 is 5.97 Å². The number of benzene rings is 1. The lowest BCUT2D eigenvalue weighted by molar-refractivity contribution is -0.154. The maximum atomic E-state index is 11.9.